The van der Waals surface area contributed by atoms with Crippen LogP contribution in [0.1, 0.15) is 18.2 Å². The van der Waals surface area contributed by atoms with Gasteiger partial charge in [-0.1, -0.05) is 29.3 Å². The van der Waals surface area contributed by atoms with E-state index in [1.165, 1.54) is 24.3 Å². The highest BCUT2D eigenvalue weighted by molar-refractivity contribution is 6.30. The van der Waals surface area contributed by atoms with Crippen molar-refractivity contribution in [1.29, 1.82) is 0 Å². The van der Waals surface area contributed by atoms with Crippen LogP contribution >= 0.6 is 23.2 Å². The van der Waals surface area contributed by atoms with Gasteiger partial charge in [0.25, 0.3) is 0 Å². The lowest BCUT2D eigenvalue weighted by atomic mass is 10.1. The number of hydrogen-bond acceptors (Lipinski definition) is 4. The van der Waals surface area contributed by atoms with E-state index in [4.69, 9.17) is 27.9 Å². The van der Waals surface area contributed by atoms with E-state index in [-0.39, 0.29) is 22.6 Å². The Morgan fingerprint density at radius 2 is 1.52 bits per heavy atom. The molecule has 0 aliphatic rings. The van der Waals surface area contributed by atoms with Crippen LogP contribution in [0, 0.1) is 11.6 Å². The summed E-state index contributed by atoms with van der Waals surface area (Å²) in [5.74, 6) is -3.17. The van der Waals surface area contributed by atoms with Crippen LogP contribution in [0.2, 0.25) is 10.0 Å². The van der Waals surface area contributed by atoms with Crippen LogP contribution in [-0.2, 0) is 22.1 Å². The van der Waals surface area contributed by atoms with Crippen LogP contribution in [-0.4, -0.2) is 12.6 Å². The molecule has 0 fully saturated rings. The summed E-state index contributed by atoms with van der Waals surface area (Å²) in [6.45, 7) is 2.00. The summed E-state index contributed by atoms with van der Waals surface area (Å²) in [6, 6.07) is 9.10. The van der Waals surface area contributed by atoms with Crippen molar-refractivity contribution in [3.8, 4) is 11.1 Å². The van der Waals surface area contributed by atoms with Gasteiger partial charge >= 0.3 is 17.8 Å². The van der Waals surface area contributed by atoms with Crippen molar-refractivity contribution in [1.82, 2.24) is 0 Å². The average Bonchev–Trinajstić information content (AvgIpc) is 2.71. The molecule has 0 aliphatic heterocycles. The van der Waals surface area contributed by atoms with Gasteiger partial charge in [0.2, 0.25) is 5.76 Å². The first-order valence-electron chi connectivity index (χ1n) is 9.18. The number of carbonyl (C=O) groups is 1. The third kappa shape index (κ3) is 7.57. The van der Waals surface area contributed by atoms with Crippen LogP contribution in [0.3, 0.4) is 0 Å². The van der Waals surface area contributed by atoms with Gasteiger partial charge in [0, 0.05) is 15.6 Å². The fourth-order valence-corrected chi connectivity index (χ4v) is 2.83. The Hall–Kier alpha value is -2.91. The van der Waals surface area contributed by atoms with Gasteiger partial charge in [-0.05, 0) is 55.0 Å². The maximum absolute atomic E-state index is 13.6. The van der Waals surface area contributed by atoms with Crippen molar-refractivity contribution in [2.75, 3.05) is 6.61 Å². The second-order valence-corrected chi connectivity index (χ2v) is 7.21. The van der Waals surface area contributed by atoms with Gasteiger partial charge in [0.1, 0.15) is 11.6 Å². The average molecular weight is 509 g/mol. The van der Waals surface area contributed by atoms with Gasteiger partial charge in [-0.3, -0.25) is 4.79 Å². The summed E-state index contributed by atoms with van der Waals surface area (Å²) in [6.07, 6.45) is -4.83. The van der Waals surface area contributed by atoms with Gasteiger partial charge < -0.3 is 9.15 Å². The first-order valence-corrected chi connectivity index (χ1v) is 9.94. The van der Waals surface area contributed by atoms with Gasteiger partial charge in [-0.15, -0.1) is 0 Å². The van der Waals surface area contributed by atoms with Crippen molar-refractivity contribution in [3.05, 3.63) is 92.0 Å². The minimum absolute atomic E-state index is 0.0587. The lowest BCUT2D eigenvalue weighted by Crippen LogP contribution is -2.12. The van der Waals surface area contributed by atoms with E-state index in [9.17, 15) is 31.5 Å². The molecule has 1 aromatic heterocycles. The van der Waals surface area contributed by atoms with Gasteiger partial charge in [0.15, 0.2) is 0 Å². The standard InChI is InChI=1S/C12H5ClF4O2.C10H10ClFO2/c13-6-1-2-7(9(14)5-6)8-3-4-10(12(15,16)17)19-11(8)18;1-2-14-10(13)5-7-3-4-8(11)6-9(7)12/h1-5H;3-4,6H,2,5H2,1H3. The van der Waals surface area contributed by atoms with Gasteiger partial charge in [-0.25, -0.2) is 13.6 Å². The fraction of sp³-hybridized carbons (Fsp3) is 0.182. The molecule has 0 saturated heterocycles. The highest BCUT2D eigenvalue weighted by atomic mass is 35.5. The maximum Gasteiger partial charge on any atom is 0.449 e. The van der Waals surface area contributed by atoms with E-state index in [1.54, 1.807) is 13.0 Å². The molecule has 0 bridgehead atoms. The molecule has 0 saturated carbocycles. The molecular formula is C22H15Cl2F5O4. The predicted octanol–water partition coefficient (Wildman–Crippen LogP) is 6.70. The van der Waals surface area contributed by atoms with Crippen molar-refractivity contribution in [2.24, 2.45) is 0 Å². The lowest BCUT2D eigenvalue weighted by molar-refractivity contribution is -0.154. The second-order valence-electron chi connectivity index (χ2n) is 6.34. The molecule has 11 heteroatoms. The zero-order chi connectivity index (χ0) is 24.8. The quantitative estimate of drug-likeness (QED) is 0.290. The van der Waals surface area contributed by atoms with Crippen molar-refractivity contribution < 1.29 is 35.9 Å². The summed E-state index contributed by atoms with van der Waals surface area (Å²) in [4.78, 5) is 22.5. The number of carbonyl (C=O) groups excluding carboxylic acids is 1. The van der Waals surface area contributed by atoms with E-state index in [0.29, 0.717) is 23.3 Å². The Morgan fingerprint density at radius 1 is 0.939 bits per heavy atom. The third-order valence-corrected chi connectivity index (χ3v) is 4.45. The second kappa shape index (κ2) is 11.3. The number of ether oxygens (including phenoxy) is 1. The Labute approximate surface area is 194 Å². The summed E-state index contributed by atoms with van der Waals surface area (Å²) < 4.78 is 72.5. The lowest BCUT2D eigenvalue weighted by Gasteiger charge is -2.06. The van der Waals surface area contributed by atoms with E-state index >= 15 is 0 Å². The number of hydrogen-bond donors (Lipinski definition) is 0. The van der Waals surface area contributed by atoms with Crippen molar-refractivity contribution >= 4 is 29.2 Å². The third-order valence-electron chi connectivity index (χ3n) is 3.98. The van der Waals surface area contributed by atoms with E-state index in [1.807, 2.05) is 0 Å². The molecule has 1 heterocycles. The smallest absolute Gasteiger partial charge is 0.449 e. The highest BCUT2D eigenvalue weighted by Crippen LogP contribution is 2.30. The topological polar surface area (TPSA) is 56.5 Å². The zero-order valence-corrected chi connectivity index (χ0v) is 18.3. The van der Waals surface area contributed by atoms with E-state index in [0.717, 1.165) is 12.1 Å². The molecule has 0 amide bonds. The molecule has 0 atom stereocenters. The molecule has 0 unspecified atom stereocenters. The minimum Gasteiger partial charge on any atom is -0.466 e. The minimum atomic E-state index is -4.77. The molecule has 3 aromatic rings. The number of alkyl halides is 3. The molecular weight excluding hydrogens is 494 g/mol. The molecule has 0 spiro atoms. The summed E-state index contributed by atoms with van der Waals surface area (Å²) >= 11 is 11.1. The largest absolute Gasteiger partial charge is 0.466 e. The SMILES string of the molecule is CCOC(=O)Cc1ccc(Cl)cc1F.O=c1oc(C(F)(F)F)ccc1-c1ccc(Cl)cc1F. The van der Waals surface area contributed by atoms with Crippen LogP contribution in [0.5, 0.6) is 0 Å². The van der Waals surface area contributed by atoms with Gasteiger partial charge in [0.05, 0.1) is 18.6 Å². The number of esters is 1. The Balaban J connectivity index is 0.000000245. The van der Waals surface area contributed by atoms with Crippen molar-refractivity contribution in [3.63, 3.8) is 0 Å². The highest BCUT2D eigenvalue weighted by Gasteiger charge is 2.34. The molecule has 0 aliphatic carbocycles. The molecule has 176 valence electrons. The summed E-state index contributed by atoms with van der Waals surface area (Å²) in [5, 5.41) is 0.424. The number of rotatable bonds is 4. The first kappa shape index (κ1) is 26.3. The number of halogens is 7. The van der Waals surface area contributed by atoms with Crippen LogP contribution in [0.4, 0.5) is 22.0 Å². The van der Waals surface area contributed by atoms with Crippen LogP contribution < -0.4 is 5.63 Å². The van der Waals surface area contributed by atoms with E-state index in [2.05, 4.69) is 4.42 Å². The Kier molecular flexibility index (Phi) is 9.01. The molecule has 0 N–H and O–H groups in total. The molecule has 4 nitrogen and oxygen atoms in total. The fourth-order valence-electron chi connectivity index (χ4n) is 2.51. The van der Waals surface area contributed by atoms with E-state index < -0.39 is 35.2 Å². The van der Waals surface area contributed by atoms with Crippen LogP contribution in [0.15, 0.2) is 57.7 Å². The molecule has 2 aromatic carbocycles. The van der Waals surface area contributed by atoms with Crippen molar-refractivity contribution in [2.45, 2.75) is 19.5 Å². The Morgan fingerprint density at radius 3 is 2.03 bits per heavy atom. The monoisotopic (exact) mass is 508 g/mol. The molecule has 3 rings (SSSR count). The van der Waals surface area contributed by atoms with Gasteiger partial charge in [-0.2, -0.15) is 13.2 Å². The first-order chi connectivity index (χ1) is 15.4. The maximum atomic E-state index is 13.6. The molecule has 33 heavy (non-hydrogen) atoms. The zero-order valence-electron chi connectivity index (χ0n) is 16.8. The molecule has 0 radical (unpaired) electrons. The summed E-state index contributed by atoms with van der Waals surface area (Å²) in [5.41, 5.74) is -1.45. The predicted molar refractivity (Wildman–Crippen MR) is 112 cm³/mol. The summed E-state index contributed by atoms with van der Waals surface area (Å²) in [7, 11) is 0. The normalized spacial score (nSPS) is 10.9. The van der Waals surface area contributed by atoms with Crippen LogP contribution in [0.25, 0.3) is 11.1 Å². The Bertz CT molecular complexity index is 1190. The number of benzene rings is 2.